The topological polar surface area (TPSA) is 224 Å². The van der Waals surface area contributed by atoms with Gasteiger partial charge in [-0.15, -0.1) is 0 Å². The zero-order valence-corrected chi connectivity index (χ0v) is 52.0. The summed E-state index contributed by atoms with van der Waals surface area (Å²) in [6, 6.07) is 5.31. The van der Waals surface area contributed by atoms with Crippen LogP contribution in [0.5, 0.6) is 6.01 Å². The minimum atomic E-state index is -4.96. The number of nitrogens with two attached hydrogens (primary N) is 1. The molecule has 2 N–H and O–H groups in total. The number of benzene rings is 2. The first-order chi connectivity index (χ1) is 43.6. The van der Waals surface area contributed by atoms with E-state index in [2.05, 4.69) is 21.4 Å². The number of amides is 3. The first kappa shape index (κ1) is 63.8. The number of esters is 1. The van der Waals surface area contributed by atoms with Gasteiger partial charge in [-0.1, -0.05) is 25.1 Å². The van der Waals surface area contributed by atoms with Gasteiger partial charge in [0.15, 0.2) is 5.82 Å². The summed E-state index contributed by atoms with van der Waals surface area (Å²) in [5.41, 5.74) is 2.16. The number of carbonyl (C=O) groups is 4. The van der Waals surface area contributed by atoms with Gasteiger partial charge >= 0.3 is 30.3 Å². The molecule has 4 aromatic heterocycles. The van der Waals surface area contributed by atoms with Crippen LogP contribution < -0.4 is 20.9 Å². The molecule has 4 saturated heterocycles. The fourth-order valence-electron chi connectivity index (χ4n) is 13.7. The van der Waals surface area contributed by atoms with Crippen molar-refractivity contribution >= 4 is 69.1 Å². The van der Waals surface area contributed by atoms with Gasteiger partial charge in [0.1, 0.15) is 42.8 Å². The molecule has 0 radical (unpaired) electrons. The van der Waals surface area contributed by atoms with Crippen LogP contribution in [0.15, 0.2) is 47.3 Å². The van der Waals surface area contributed by atoms with Gasteiger partial charge in [0.2, 0.25) is 5.60 Å². The Balaban J connectivity index is 0.715. The molecule has 0 bridgehead atoms. The number of nitrogens with zero attached hydrogens (tertiary/aromatic N) is 11. The summed E-state index contributed by atoms with van der Waals surface area (Å²) >= 11 is 6.72. The number of hydrogen-bond donors (Lipinski definition) is 1. The third-order valence-electron chi connectivity index (χ3n) is 18.5. The van der Waals surface area contributed by atoms with E-state index >= 15 is 8.78 Å². The maximum absolute atomic E-state index is 17.1. The molecule has 6 aliphatic rings. The number of cyclic esters (lactones) is 1. The molecular formula is C63H66ClF7N12O9. The molecule has 6 aliphatic heterocycles. The minimum absolute atomic E-state index is 0.00557. The summed E-state index contributed by atoms with van der Waals surface area (Å²) in [5, 5.41) is 0.184. The Labute approximate surface area is 527 Å². The zero-order valence-electron chi connectivity index (χ0n) is 51.2. The van der Waals surface area contributed by atoms with E-state index in [9.17, 15) is 45.9 Å². The van der Waals surface area contributed by atoms with Crippen molar-refractivity contribution in [3.63, 3.8) is 0 Å². The largest absolute Gasteiger partial charge is 0.462 e. The summed E-state index contributed by atoms with van der Waals surface area (Å²) in [6.45, 7) is 9.56. The Morgan fingerprint density at radius 2 is 1.66 bits per heavy atom. The fraction of sp³-hybridized carbons (Fsp3) is 0.476. The number of fused-ring (bicyclic) bond motifs is 6. The molecule has 4 fully saturated rings. The van der Waals surface area contributed by atoms with Gasteiger partial charge in [0.25, 0.3) is 17.4 Å². The molecule has 6 aromatic rings. The average molecular weight is 1300 g/mol. The molecule has 0 spiro atoms. The monoisotopic (exact) mass is 1300 g/mol. The van der Waals surface area contributed by atoms with E-state index < -0.39 is 119 Å². The number of likely N-dealkylation sites (tertiary alicyclic amines) is 3. The molecule has 92 heavy (non-hydrogen) atoms. The molecule has 3 amide bonds. The maximum Gasteiger partial charge on any atom is 0.418 e. The van der Waals surface area contributed by atoms with Crippen molar-refractivity contribution in [2.24, 2.45) is 0 Å². The van der Waals surface area contributed by atoms with Gasteiger partial charge in [0.05, 0.1) is 70.0 Å². The van der Waals surface area contributed by atoms with Crippen LogP contribution in [0.25, 0.3) is 44.5 Å². The number of halogens is 8. The molecule has 0 aliphatic carbocycles. The lowest BCUT2D eigenvalue weighted by Crippen LogP contribution is -2.55. The number of piperazine rings is 1. The highest BCUT2D eigenvalue weighted by Gasteiger charge is 2.52. The molecular weight excluding hydrogens is 1240 g/mol. The lowest BCUT2D eigenvalue weighted by molar-refractivity contribution is -0.173. The average Bonchev–Trinajstić information content (AvgIpc) is 1.46. The van der Waals surface area contributed by atoms with Crippen LogP contribution in [0, 0.1) is 25.5 Å². The van der Waals surface area contributed by atoms with Crippen LogP contribution in [0.4, 0.5) is 52.0 Å². The number of aryl methyl sites for hydroxylation is 2. The Kier molecular flexibility index (Phi) is 16.6. The van der Waals surface area contributed by atoms with Crippen molar-refractivity contribution in [2.75, 3.05) is 90.3 Å². The van der Waals surface area contributed by atoms with Crippen molar-refractivity contribution < 1.29 is 68.9 Å². The number of likely N-dealkylation sites (N-methyl/N-ethyl adjacent to an activating group) is 2. The molecule has 0 saturated carbocycles. The number of carbonyl (C=O) groups excluding carboxylic acids is 4. The number of hydrogen-bond acceptors (Lipinski definition) is 17. The smallest absolute Gasteiger partial charge is 0.418 e. The standard InChI is InChI=1S/C63H66ClF7N12O9/c1-8-62(42-20-46-51-40(25-83(46)56(85)41(42)28-89-57(62)86)39(24-79-29-61(67,68)30-79)37-17-31(2)44(65)21-45(37)73-51)92-59(87)78(7)23-35-11-10-14-82(35)60(88)91-26-33(4)55(84)80-15-16-81(34(5)22-80)54-38-19-43(64)48(53-49(63(69,70)71)32(3)18-47(72)74-53)50(66)52(38)75-58(76-54)90-27-36-12-9-13-77(36)6/h17-21,34-36H,4,8-16,22-30H2,1-3,5-7H3,(H2,72,74)/t34-,35-,36-,62-/m0/s1. The first-order valence-corrected chi connectivity index (χ1v) is 30.6. The number of alkyl halides is 5. The number of rotatable bonds is 14. The molecule has 2 aromatic carbocycles. The van der Waals surface area contributed by atoms with Crippen LogP contribution in [0.3, 0.4) is 0 Å². The van der Waals surface area contributed by atoms with Gasteiger partial charge in [-0.2, -0.15) is 23.1 Å². The van der Waals surface area contributed by atoms with Crippen molar-refractivity contribution in [3.05, 3.63) is 108 Å². The van der Waals surface area contributed by atoms with Gasteiger partial charge < -0.3 is 53.7 Å². The molecule has 0 unspecified atom stereocenters. The number of pyridine rings is 3. The maximum atomic E-state index is 17.1. The van der Waals surface area contributed by atoms with E-state index in [4.69, 9.17) is 46.3 Å². The second kappa shape index (κ2) is 23.9. The number of nitrogen functional groups attached to an aromatic ring is 1. The third kappa shape index (κ3) is 11.4. The minimum Gasteiger partial charge on any atom is -0.462 e. The SMILES string of the molecule is C=C(COC(=O)N1CCC[C@H]1CN(C)C(=O)O[C@]1(CC)C(=O)OCc2c1cc1n(c2=O)Cc2c-1nc1cc(F)c(C)cc1c2CN1CC(F)(F)C1)C(=O)N1CCN(c2nc(OC[C@@H]3CCCN3C)nc3c(F)c(-c4nc(N)cc(C)c4C(F)(F)F)c(Cl)cc23)[C@@H](C)C1. The van der Waals surface area contributed by atoms with E-state index in [0.29, 0.717) is 34.9 Å². The Morgan fingerprint density at radius 3 is 2.36 bits per heavy atom. The zero-order chi connectivity index (χ0) is 65.8. The highest BCUT2D eigenvalue weighted by molar-refractivity contribution is 6.34. The van der Waals surface area contributed by atoms with Crippen molar-refractivity contribution in [3.8, 4) is 28.7 Å². The number of aromatic nitrogens is 5. The summed E-state index contributed by atoms with van der Waals surface area (Å²) in [6.07, 6.45) is -4.24. The van der Waals surface area contributed by atoms with E-state index in [1.54, 1.807) is 42.7 Å². The van der Waals surface area contributed by atoms with Crippen LogP contribution in [-0.4, -0.2) is 177 Å². The van der Waals surface area contributed by atoms with Gasteiger partial charge in [-0.3, -0.25) is 14.5 Å². The predicted molar refractivity (Wildman–Crippen MR) is 323 cm³/mol. The highest BCUT2D eigenvalue weighted by Crippen LogP contribution is 2.47. The van der Waals surface area contributed by atoms with Crippen LogP contribution in [-0.2, 0) is 55.3 Å². The van der Waals surface area contributed by atoms with Crippen LogP contribution in [0.1, 0.15) is 84.9 Å². The summed E-state index contributed by atoms with van der Waals surface area (Å²) < 4.78 is 129. The van der Waals surface area contributed by atoms with E-state index in [1.807, 2.05) is 7.05 Å². The Hall–Kier alpha value is -8.37. The van der Waals surface area contributed by atoms with Gasteiger partial charge in [-0.25, -0.2) is 41.9 Å². The van der Waals surface area contributed by atoms with Crippen LogP contribution in [0.2, 0.25) is 5.02 Å². The third-order valence-corrected chi connectivity index (χ3v) is 18.8. The van der Waals surface area contributed by atoms with Crippen LogP contribution >= 0.6 is 11.6 Å². The molecule has 10 heterocycles. The molecule has 12 rings (SSSR count). The summed E-state index contributed by atoms with van der Waals surface area (Å²) in [5.74, 6) is -6.23. The second-order valence-electron chi connectivity index (χ2n) is 24.7. The predicted octanol–water partition coefficient (Wildman–Crippen LogP) is 9.13. The van der Waals surface area contributed by atoms with E-state index in [0.717, 1.165) is 25.5 Å². The number of ether oxygens (including phenoxy) is 4. The molecule has 29 heteroatoms. The molecule has 21 nitrogen and oxygen atoms in total. The van der Waals surface area contributed by atoms with E-state index in [1.165, 1.54) is 45.4 Å². The van der Waals surface area contributed by atoms with Crippen molar-refractivity contribution in [1.29, 1.82) is 0 Å². The van der Waals surface area contributed by atoms with E-state index in [-0.39, 0.29) is 133 Å². The van der Waals surface area contributed by atoms with Crippen molar-refractivity contribution in [1.82, 2.24) is 49.0 Å². The van der Waals surface area contributed by atoms with Gasteiger partial charge in [-0.05, 0) is 107 Å². The Bertz CT molecular complexity index is 4150. The Morgan fingerprint density at radius 1 is 0.924 bits per heavy atom. The molecule has 488 valence electrons. The fourth-order valence-corrected chi connectivity index (χ4v) is 14.0. The molecule has 4 atom stereocenters. The normalized spacial score (nSPS) is 21.3. The number of anilines is 2. The summed E-state index contributed by atoms with van der Waals surface area (Å²) in [4.78, 5) is 98.0. The summed E-state index contributed by atoms with van der Waals surface area (Å²) in [7, 11) is 3.35. The lowest BCUT2D eigenvalue weighted by Gasteiger charge is -2.41. The van der Waals surface area contributed by atoms with Gasteiger partial charge in [0, 0.05) is 91.9 Å². The first-order valence-electron chi connectivity index (χ1n) is 30.2. The van der Waals surface area contributed by atoms with Crippen molar-refractivity contribution in [2.45, 2.75) is 115 Å². The lowest BCUT2D eigenvalue weighted by atomic mass is 9.85. The highest BCUT2D eigenvalue weighted by atomic mass is 35.5. The quantitative estimate of drug-likeness (QED) is 0.0464. The second-order valence-corrected chi connectivity index (χ2v) is 25.2.